The number of hydrogen-bond donors (Lipinski definition) is 1. The van der Waals surface area contributed by atoms with Gasteiger partial charge in [-0.15, -0.1) is 0 Å². The second kappa shape index (κ2) is 13.3. The molecule has 3 aliphatic rings. The van der Waals surface area contributed by atoms with Crippen molar-refractivity contribution < 1.29 is 28.4 Å². The van der Waals surface area contributed by atoms with Crippen molar-refractivity contribution in [2.24, 2.45) is 11.8 Å². The van der Waals surface area contributed by atoms with E-state index < -0.39 is 31.7 Å². The first-order valence-corrected chi connectivity index (χ1v) is 22.2. The highest BCUT2D eigenvalue weighted by Gasteiger charge is 2.67. The average molecular weight is 775 g/mol. The number of halogens is 1. The Balaban J connectivity index is 1.31. The molecule has 3 aliphatic carbocycles. The molecule has 0 aliphatic heterocycles. The van der Waals surface area contributed by atoms with Crippen LogP contribution < -0.4 is 4.74 Å². The zero-order chi connectivity index (χ0) is 39.2. The van der Waals surface area contributed by atoms with E-state index in [0.29, 0.717) is 29.2 Å². The smallest absolute Gasteiger partial charge is 0.265 e. The highest BCUT2D eigenvalue weighted by atomic mass is 35.5. The maximum Gasteiger partial charge on any atom is 0.265 e. The van der Waals surface area contributed by atoms with Crippen LogP contribution in [0.1, 0.15) is 76.4 Å². The van der Waals surface area contributed by atoms with Crippen LogP contribution in [0.15, 0.2) is 94.7 Å². The lowest BCUT2D eigenvalue weighted by Gasteiger charge is -2.55. The minimum absolute atomic E-state index is 0.0476. The molecular weight excluding hydrogens is 728 g/mol. The Hall–Kier alpha value is -4.54. The van der Waals surface area contributed by atoms with E-state index in [1.807, 2.05) is 80.5 Å². The predicted molar refractivity (Wildman–Crippen MR) is 217 cm³/mol. The summed E-state index contributed by atoms with van der Waals surface area (Å²) in [6.07, 6.45) is 0.951. The summed E-state index contributed by atoms with van der Waals surface area (Å²) in [6.45, 7) is 12.6. The number of allylic oxidation sites excluding steroid dienone is 1. The van der Waals surface area contributed by atoms with E-state index in [2.05, 4.69) is 63.3 Å². The van der Waals surface area contributed by atoms with E-state index in [1.165, 1.54) is 0 Å². The van der Waals surface area contributed by atoms with Gasteiger partial charge in [0.15, 0.2) is 25.5 Å². The van der Waals surface area contributed by atoms with E-state index in [1.54, 1.807) is 0 Å². The molecule has 0 saturated heterocycles. The first-order valence-electron chi connectivity index (χ1n) is 18.9. The SMILES string of the molecule is Cc1c2c(cc3ccc(-c4ccc(Cl)cc4)cc13)C[C@H]1C[C@H]3[C@H](N(C)C)c4onc(OCc5ccccc5)c4C(=O)[C@@]3(O[Si](C)(C)C(C)(C)C)C(O)=C1C2=O. The van der Waals surface area contributed by atoms with Crippen LogP contribution in [0.2, 0.25) is 23.2 Å². The molecular formula is C45H47ClN2O6Si. The second-order valence-electron chi connectivity index (χ2n) is 17.1. The first-order chi connectivity index (χ1) is 26.0. The summed E-state index contributed by atoms with van der Waals surface area (Å²) >= 11 is 6.18. The normalized spacial score (nSPS) is 22.4. The number of nitrogens with zero attached hydrogens (tertiary/aromatic N) is 2. The third-order valence-corrected chi connectivity index (χ3v) is 17.3. The quantitative estimate of drug-likeness (QED) is 0.163. The Labute approximate surface area is 328 Å². The van der Waals surface area contributed by atoms with Crippen molar-refractivity contribution in [2.45, 2.75) is 76.9 Å². The molecule has 4 aromatic carbocycles. The molecule has 0 amide bonds. The Morgan fingerprint density at radius 2 is 1.67 bits per heavy atom. The van der Waals surface area contributed by atoms with Crippen molar-refractivity contribution >= 4 is 42.3 Å². The largest absolute Gasteiger partial charge is 0.508 e. The number of aromatic nitrogens is 1. The Morgan fingerprint density at radius 3 is 2.35 bits per heavy atom. The van der Waals surface area contributed by atoms with Crippen LogP contribution in [0.4, 0.5) is 0 Å². The van der Waals surface area contributed by atoms with E-state index in [-0.39, 0.29) is 46.1 Å². The van der Waals surface area contributed by atoms with Crippen LogP contribution in [0.25, 0.3) is 21.9 Å². The summed E-state index contributed by atoms with van der Waals surface area (Å²) in [5.74, 6) is -1.53. The number of fused-ring (bicyclic) bond motifs is 5. The zero-order valence-corrected chi connectivity index (χ0v) is 34.4. The number of aryl methyl sites for hydroxylation is 1. The third kappa shape index (κ3) is 5.90. The number of benzene rings is 4. The highest BCUT2D eigenvalue weighted by molar-refractivity contribution is 6.74. The molecule has 55 heavy (non-hydrogen) atoms. The number of Topliss-reactive ketones (excluding diaryl/α,β-unsaturated/α-hetero) is 2. The number of ether oxygens (including phenoxy) is 1. The Morgan fingerprint density at radius 1 is 0.982 bits per heavy atom. The summed E-state index contributed by atoms with van der Waals surface area (Å²) < 4.78 is 19.5. The summed E-state index contributed by atoms with van der Waals surface area (Å²) in [7, 11) is 1.03. The predicted octanol–water partition coefficient (Wildman–Crippen LogP) is 10.5. The van der Waals surface area contributed by atoms with Crippen LogP contribution in [0.5, 0.6) is 5.88 Å². The molecule has 1 N–H and O–H groups in total. The maximum absolute atomic E-state index is 15.5. The topological polar surface area (TPSA) is 102 Å². The number of rotatable bonds is 7. The second-order valence-corrected chi connectivity index (χ2v) is 22.3. The Bertz CT molecular complexity index is 2390. The third-order valence-electron chi connectivity index (χ3n) is 12.6. The van der Waals surface area contributed by atoms with Gasteiger partial charge in [-0.2, -0.15) is 0 Å². The number of ketones is 2. The fourth-order valence-electron chi connectivity index (χ4n) is 8.82. The molecule has 5 aromatic rings. The van der Waals surface area contributed by atoms with E-state index in [9.17, 15) is 5.11 Å². The average Bonchev–Trinajstić information content (AvgIpc) is 3.55. The van der Waals surface area contributed by atoms with Gasteiger partial charge in [0.05, 0.1) is 6.04 Å². The van der Waals surface area contributed by atoms with Crippen LogP contribution in [0, 0.1) is 18.8 Å². The lowest BCUT2D eigenvalue weighted by atomic mass is 9.58. The number of carbonyl (C=O) groups is 2. The van der Waals surface area contributed by atoms with Crippen molar-refractivity contribution in [3.05, 3.63) is 129 Å². The van der Waals surface area contributed by atoms with Crippen LogP contribution >= 0.6 is 11.6 Å². The van der Waals surface area contributed by atoms with Gasteiger partial charge in [-0.1, -0.05) is 93.0 Å². The lowest BCUT2D eigenvalue weighted by molar-refractivity contribution is -0.0480. The van der Waals surface area contributed by atoms with Gasteiger partial charge in [0.1, 0.15) is 17.9 Å². The molecule has 1 heterocycles. The molecule has 0 radical (unpaired) electrons. The van der Waals surface area contributed by atoms with Gasteiger partial charge < -0.3 is 18.8 Å². The van der Waals surface area contributed by atoms with Gasteiger partial charge in [0.25, 0.3) is 5.88 Å². The van der Waals surface area contributed by atoms with Crippen LogP contribution in [-0.4, -0.2) is 54.7 Å². The molecule has 0 saturated carbocycles. The van der Waals surface area contributed by atoms with Gasteiger partial charge in [0.2, 0.25) is 5.78 Å². The number of carbonyl (C=O) groups excluding carboxylic acids is 2. The van der Waals surface area contributed by atoms with E-state index >= 15 is 9.59 Å². The fraction of sp³-hybridized carbons (Fsp3) is 0.356. The molecule has 0 fully saturated rings. The summed E-state index contributed by atoms with van der Waals surface area (Å²) in [5.41, 5.74) is 3.82. The van der Waals surface area contributed by atoms with Crippen molar-refractivity contribution in [1.29, 1.82) is 0 Å². The standard InChI is InChI=1S/C45H47ClN2O6Si/c1-25-33-22-28(27-16-18-32(46)19-17-27)14-15-29(33)20-30-21-31-23-34-38(48(5)6)40-37(43(47-53-40)52-24-26-12-10-9-11-13-26)42(51)45(34,54-55(7,8)44(2,3)4)41(50)36(31)39(49)35(25)30/h9-20,22,31,34,38,50H,21,23-24H2,1-8H3/t31-,34-,38-,45-/m0/s1. The number of aliphatic hydroxyl groups is 1. The first kappa shape index (κ1) is 37.4. The highest BCUT2D eigenvalue weighted by Crippen LogP contribution is 2.59. The summed E-state index contributed by atoms with van der Waals surface area (Å²) in [5, 5.41) is 19.6. The number of aliphatic hydroxyl groups excluding tert-OH is 1. The molecule has 0 spiro atoms. The molecule has 284 valence electrons. The van der Waals surface area contributed by atoms with Crippen molar-refractivity contribution in [3.8, 4) is 17.0 Å². The van der Waals surface area contributed by atoms with Crippen molar-refractivity contribution in [2.75, 3.05) is 14.1 Å². The Kier molecular flexibility index (Phi) is 9.04. The molecule has 1 aromatic heterocycles. The fourth-order valence-corrected chi connectivity index (χ4v) is 10.4. The molecule has 0 bridgehead atoms. The summed E-state index contributed by atoms with van der Waals surface area (Å²) in [6, 6.07) is 25.2. The molecule has 8 nitrogen and oxygen atoms in total. The molecule has 8 rings (SSSR count). The van der Waals surface area contributed by atoms with Crippen LogP contribution in [-0.2, 0) is 17.5 Å². The van der Waals surface area contributed by atoms with Crippen molar-refractivity contribution in [1.82, 2.24) is 10.1 Å². The van der Waals surface area contributed by atoms with Gasteiger partial charge in [-0.05, 0) is 120 Å². The zero-order valence-electron chi connectivity index (χ0n) is 32.6. The van der Waals surface area contributed by atoms with Gasteiger partial charge in [-0.25, -0.2) is 0 Å². The summed E-state index contributed by atoms with van der Waals surface area (Å²) in [4.78, 5) is 32.6. The van der Waals surface area contributed by atoms with Crippen molar-refractivity contribution in [3.63, 3.8) is 0 Å². The van der Waals surface area contributed by atoms with Crippen LogP contribution in [0.3, 0.4) is 0 Å². The van der Waals surface area contributed by atoms with E-state index in [4.69, 9.17) is 25.3 Å². The van der Waals surface area contributed by atoms with Gasteiger partial charge in [0, 0.05) is 22.1 Å². The molecule has 0 unspecified atom stereocenters. The lowest BCUT2D eigenvalue weighted by Crippen LogP contribution is -2.65. The number of hydrogen-bond acceptors (Lipinski definition) is 8. The van der Waals surface area contributed by atoms with Gasteiger partial charge >= 0.3 is 0 Å². The molecule has 10 heteroatoms. The maximum atomic E-state index is 15.5. The minimum atomic E-state index is -2.83. The van der Waals surface area contributed by atoms with Gasteiger partial charge in [-0.3, -0.25) is 14.5 Å². The van der Waals surface area contributed by atoms with E-state index in [0.717, 1.165) is 38.6 Å². The molecule has 4 atom stereocenters. The monoisotopic (exact) mass is 774 g/mol. The minimum Gasteiger partial charge on any atom is -0.508 e.